The summed E-state index contributed by atoms with van der Waals surface area (Å²) in [6.45, 7) is 5.59. The second-order valence-corrected chi connectivity index (χ2v) is 6.75. The summed E-state index contributed by atoms with van der Waals surface area (Å²) in [7, 11) is 0. The first-order chi connectivity index (χ1) is 13.3. The molecule has 0 unspecified atom stereocenters. The molecule has 0 aromatic heterocycles. The third kappa shape index (κ3) is 5.71. The molecule has 150 valence electrons. The molecule has 1 saturated heterocycles. The average molecular weight is 393 g/mol. The van der Waals surface area contributed by atoms with E-state index in [-0.39, 0.29) is 5.69 Å². The van der Waals surface area contributed by atoms with Gasteiger partial charge in [-0.15, -0.1) is 0 Å². The number of hydrogen-bond donors (Lipinski definition) is 2. The number of benzene rings is 2. The lowest BCUT2D eigenvalue weighted by atomic mass is 10.1. The van der Waals surface area contributed by atoms with Gasteiger partial charge in [-0.2, -0.15) is 13.2 Å². The summed E-state index contributed by atoms with van der Waals surface area (Å²) in [5, 5.41) is 5.09. The number of amides is 2. The van der Waals surface area contributed by atoms with Gasteiger partial charge in [0, 0.05) is 31.0 Å². The van der Waals surface area contributed by atoms with Crippen molar-refractivity contribution in [3.8, 4) is 0 Å². The van der Waals surface area contributed by atoms with Crippen LogP contribution in [0.15, 0.2) is 42.5 Å². The molecule has 2 amide bonds. The molecule has 0 atom stereocenters. The number of urea groups is 1. The smallest absolute Gasteiger partial charge is 0.379 e. The standard InChI is InChI=1S/C20H22F3N3O2/c1-14-10-16(20(21,22)23)12-18(11-14)25-19(27)24-17-4-2-15(3-5-17)13-26-6-8-28-9-7-26/h2-5,10-12H,6-9,13H2,1H3,(H2,24,25,27). The van der Waals surface area contributed by atoms with Crippen molar-refractivity contribution in [2.24, 2.45) is 0 Å². The molecule has 0 saturated carbocycles. The topological polar surface area (TPSA) is 53.6 Å². The van der Waals surface area contributed by atoms with Crippen LogP contribution in [0, 0.1) is 6.92 Å². The molecule has 28 heavy (non-hydrogen) atoms. The lowest BCUT2D eigenvalue weighted by Crippen LogP contribution is -2.35. The van der Waals surface area contributed by atoms with E-state index in [1.54, 1.807) is 19.1 Å². The van der Waals surface area contributed by atoms with E-state index in [1.165, 1.54) is 6.07 Å². The highest BCUT2D eigenvalue weighted by atomic mass is 19.4. The summed E-state index contributed by atoms with van der Waals surface area (Å²) in [4.78, 5) is 14.4. The van der Waals surface area contributed by atoms with Crippen LogP contribution in [-0.2, 0) is 17.5 Å². The molecule has 0 bridgehead atoms. The first kappa shape index (κ1) is 20.2. The lowest BCUT2D eigenvalue weighted by Gasteiger charge is -2.26. The predicted octanol–water partition coefficient (Wildman–Crippen LogP) is 4.49. The number of carbonyl (C=O) groups excluding carboxylic acids is 1. The van der Waals surface area contributed by atoms with Crippen LogP contribution >= 0.6 is 0 Å². The summed E-state index contributed by atoms with van der Waals surface area (Å²) < 4.78 is 44.0. The highest BCUT2D eigenvalue weighted by Crippen LogP contribution is 2.31. The third-order valence-electron chi connectivity index (χ3n) is 4.38. The monoisotopic (exact) mass is 393 g/mol. The fourth-order valence-electron chi connectivity index (χ4n) is 3.02. The molecule has 0 aliphatic carbocycles. The Labute approximate surface area is 161 Å². The number of rotatable bonds is 4. The molecule has 1 aliphatic rings. The van der Waals surface area contributed by atoms with Crippen LogP contribution in [0.25, 0.3) is 0 Å². The van der Waals surface area contributed by atoms with Gasteiger partial charge < -0.3 is 15.4 Å². The highest BCUT2D eigenvalue weighted by molar-refractivity contribution is 5.99. The number of ether oxygens (including phenoxy) is 1. The number of aryl methyl sites for hydroxylation is 1. The quantitative estimate of drug-likeness (QED) is 0.805. The Morgan fingerprint density at radius 3 is 2.32 bits per heavy atom. The van der Waals surface area contributed by atoms with Crippen LogP contribution in [0.2, 0.25) is 0 Å². The zero-order chi connectivity index (χ0) is 20.1. The molecule has 2 aromatic rings. The zero-order valence-electron chi connectivity index (χ0n) is 15.5. The van der Waals surface area contributed by atoms with Crippen molar-refractivity contribution in [3.05, 3.63) is 59.2 Å². The van der Waals surface area contributed by atoms with E-state index in [9.17, 15) is 18.0 Å². The minimum atomic E-state index is -4.46. The number of nitrogens with one attached hydrogen (secondary N) is 2. The Bertz CT molecular complexity index is 816. The normalized spacial score (nSPS) is 15.3. The van der Waals surface area contributed by atoms with Gasteiger partial charge in [-0.25, -0.2) is 4.79 Å². The number of alkyl halides is 3. The SMILES string of the molecule is Cc1cc(NC(=O)Nc2ccc(CN3CCOCC3)cc2)cc(C(F)(F)F)c1. The van der Waals surface area contributed by atoms with Crippen LogP contribution in [0.4, 0.5) is 29.3 Å². The average Bonchev–Trinajstić information content (AvgIpc) is 2.63. The first-order valence-electron chi connectivity index (χ1n) is 8.95. The van der Waals surface area contributed by atoms with Gasteiger partial charge in [0.15, 0.2) is 0 Å². The second kappa shape index (κ2) is 8.62. The molecule has 1 aliphatic heterocycles. The third-order valence-corrected chi connectivity index (χ3v) is 4.38. The van der Waals surface area contributed by atoms with E-state index in [1.807, 2.05) is 12.1 Å². The summed E-state index contributed by atoms with van der Waals surface area (Å²) >= 11 is 0. The molecule has 2 aromatic carbocycles. The number of hydrogen-bond acceptors (Lipinski definition) is 3. The molecule has 3 rings (SSSR count). The Kier molecular flexibility index (Phi) is 6.21. The van der Waals surface area contributed by atoms with Crippen molar-refractivity contribution >= 4 is 17.4 Å². The van der Waals surface area contributed by atoms with Crippen LogP contribution in [-0.4, -0.2) is 37.2 Å². The molecular formula is C20H22F3N3O2. The molecule has 5 nitrogen and oxygen atoms in total. The summed E-state index contributed by atoms with van der Waals surface area (Å²) in [5.74, 6) is 0. The Balaban J connectivity index is 1.58. The number of anilines is 2. The van der Waals surface area contributed by atoms with Crippen molar-refractivity contribution in [2.75, 3.05) is 36.9 Å². The Morgan fingerprint density at radius 1 is 1.04 bits per heavy atom. The first-order valence-corrected chi connectivity index (χ1v) is 8.95. The van der Waals surface area contributed by atoms with Gasteiger partial charge in [-0.1, -0.05) is 12.1 Å². The molecular weight excluding hydrogens is 371 g/mol. The second-order valence-electron chi connectivity index (χ2n) is 6.75. The van der Waals surface area contributed by atoms with E-state index in [4.69, 9.17) is 4.74 Å². The largest absolute Gasteiger partial charge is 0.416 e. The Hall–Kier alpha value is -2.58. The molecule has 2 N–H and O–H groups in total. The number of nitrogens with zero attached hydrogens (tertiary/aromatic N) is 1. The van der Waals surface area contributed by atoms with Crippen molar-refractivity contribution in [3.63, 3.8) is 0 Å². The van der Waals surface area contributed by atoms with E-state index >= 15 is 0 Å². The molecule has 0 spiro atoms. The summed E-state index contributed by atoms with van der Waals surface area (Å²) in [6.07, 6.45) is -4.46. The number of morpholine rings is 1. The summed E-state index contributed by atoms with van der Waals surface area (Å²) in [6, 6.07) is 10.2. The van der Waals surface area contributed by atoms with Crippen molar-refractivity contribution < 1.29 is 22.7 Å². The van der Waals surface area contributed by atoms with Crippen molar-refractivity contribution in [1.29, 1.82) is 0 Å². The van der Waals surface area contributed by atoms with Gasteiger partial charge in [0.1, 0.15) is 0 Å². The van der Waals surface area contributed by atoms with Gasteiger partial charge in [0.05, 0.1) is 18.8 Å². The maximum absolute atomic E-state index is 12.9. The van der Waals surface area contributed by atoms with Gasteiger partial charge in [0.2, 0.25) is 0 Å². The van der Waals surface area contributed by atoms with Crippen molar-refractivity contribution in [1.82, 2.24) is 4.90 Å². The van der Waals surface area contributed by atoms with Crippen LogP contribution in [0.5, 0.6) is 0 Å². The molecule has 8 heteroatoms. The number of carbonyl (C=O) groups is 1. The van der Waals surface area contributed by atoms with Gasteiger partial charge in [0.25, 0.3) is 0 Å². The van der Waals surface area contributed by atoms with Gasteiger partial charge in [-0.05, 0) is 48.4 Å². The predicted molar refractivity (Wildman–Crippen MR) is 101 cm³/mol. The zero-order valence-corrected chi connectivity index (χ0v) is 15.5. The molecule has 1 fully saturated rings. The van der Waals surface area contributed by atoms with E-state index in [0.717, 1.165) is 50.5 Å². The minimum Gasteiger partial charge on any atom is -0.379 e. The van der Waals surface area contributed by atoms with Crippen LogP contribution in [0.1, 0.15) is 16.7 Å². The van der Waals surface area contributed by atoms with E-state index in [2.05, 4.69) is 15.5 Å². The number of halogens is 3. The Morgan fingerprint density at radius 2 is 1.68 bits per heavy atom. The van der Waals surface area contributed by atoms with Gasteiger partial charge >= 0.3 is 12.2 Å². The van der Waals surface area contributed by atoms with E-state index in [0.29, 0.717) is 11.3 Å². The maximum Gasteiger partial charge on any atom is 0.416 e. The minimum absolute atomic E-state index is 0.0914. The summed E-state index contributed by atoms with van der Waals surface area (Å²) in [5.41, 5.74) is 1.38. The molecule has 0 radical (unpaired) electrons. The molecule has 1 heterocycles. The maximum atomic E-state index is 12.9. The van der Waals surface area contributed by atoms with Gasteiger partial charge in [-0.3, -0.25) is 4.90 Å². The lowest BCUT2D eigenvalue weighted by molar-refractivity contribution is -0.137. The fraction of sp³-hybridized carbons (Fsp3) is 0.350. The van der Waals surface area contributed by atoms with E-state index < -0.39 is 17.8 Å². The van der Waals surface area contributed by atoms with Crippen LogP contribution < -0.4 is 10.6 Å². The van der Waals surface area contributed by atoms with Crippen molar-refractivity contribution in [2.45, 2.75) is 19.6 Å². The fourth-order valence-corrected chi connectivity index (χ4v) is 3.02. The highest BCUT2D eigenvalue weighted by Gasteiger charge is 2.31. The van der Waals surface area contributed by atoms with Crippen LogP contribution in [0.3, 0.4) is 0 Å².